The summed E-state index contributed by atoms with van der Waals surface area (Å²) in [5.74, 6) is -1.02. The number of benzene rings is 1. The van der Waals surface area contributed by atoms with Crippen LogP contribution in [0.4, 0.5) is 0 Å². The van der Waals surface area contributed by atoms with Crippen LogP contribution in [0.5, 0.6) is 0 Å². The van der Waals surface area contributed by atoms with E-state index in [0.717, 1.165) is 11.1 Å². The maximum atomic E-state index is 12.7. The monoisotopic (exact) mass is 357 g/mol. The van der Waals surface area contributed by atoms with E-state index < -0.39 is 18.0 Å². The summed E-state index contributed by atoms with van der Waals surface area (Å²) >= 11 is 0. The summed E-state index contributed by atoms with van der Waals surface area (Å²) < 4.78 is 5.21. The molecule has 1 amide bonds. The minimum absolute atomic E-state index is 0.110. The smallest absolute Gasteiger partial charge is 0.307 e. The van der Waals surface area contributed by atoms with Crippen molar-refractivity contribution in [2.45, 2.75) is 46.8 Å². The van der Waals surface area contributed by atoms with Gasteiger partial charge in [-0.3, -0.25) is 9.59 Å². The summed E-state index contributed by atoms with van der Waals surface area (Å²) in [7, 11) is 0. The predicted octanol–water partition coefficient (Wildman–Crippen LogP) is 3.10. The van der Waals surface area contributed by atoms with Gasteiger partial charge >= 0.3 is 5.97 Å². The number of hydrogen-bond acceptors (Lipinski definition) is 4. The molecule has 5 heteroatoms. The Labute approximate surface area is 154 Å². The largest absolute Gasteiger partial charge is 0.431 e. The van der Waals surface area contributed by atoms with Gasteiger partial charge in [0.1, 0.15) is 5.76 Å². The van der Waals surface area contributed by atoms with Crippen LogP contribution in [0.3, 0.4) is 0 Å². The van der Waals surface area contributed by atoms with Crippen LogP contribution in [0.15, 0.2) is 53.8 Å². The molecule has 1 aliphatic carbocycles. The molecular formula is C21H27NO4. The Morgan fingerprint density at radius 2 is 1.88 bits per heavy atom. The molecule has 0 fully saturated rings. The van der Waals surface area contributed by atoms with Crippen molar-refractivity contribution in [2.75, 3.05) is 0 Å². The lowest BCUT2D eigenvalue weighted by Gasteiger charge is -2.22. The van der Waals surface area contributed by atoms with E-state index in [0.29, 0.717) is 12.3 Å². The molecule has 0 spiro atoms. The fourth-order valence-electron chi connectivity index (χ4n) is 2.79. The zero-order chi connectivity index (χ0) is 19.3. The lowest BCUT2D eigenvalue weighted by Crippen LogP contribution is -2.36. The second-order valence-corrected chi connectivity index (χ2v) is 7.58. The Kier molecular flexibility index (Phi) is 6.37. The van der Waals surface area contributed by atoms with Crippen molar-refractivity contribution in [1.82, 2.24) is 5.32 Å². The molecule has 0 unspecified atom stereocenters. The van der Waals surface area contributed by atoms with Gasteiger partial charge in [-0.2, -0.15) is 0 Å². The number of carbonyl (C=O) groups excluding carboxylic acids is 2. The normalized spacial score (nSPS) is 20.5. The average molecular weight is 357 g/mol. The number of rotatable bonds is 4. The first-order valence-corrected chi connectivity index (χ1v) is 8.78. The van der Waals surface area contributed by atoms with Crippen molar-refractivity contribution >= 4 is 11.9 Å². The molecule has 5 nitrogen and oxygen atoms in total. The lowest BCUT2D eigenvalue weighted by atomic mass is 9.84. The number of aliphatic hydroxyl groups is 1. The number of allylic oxidation sites excluding steroid dienone is 2. The van der Waals surface area contributed by atoms with E-state index in [4.69, 9.17) is 4.74 Å². The van der Waals surface area contributed by atoms with Crippen molar-refractivity contribution in [3.8, 4) is 0 Å². The van der Waals surface area contributed by atoms with Crippen LogP contribution in [0, 0.1) is 11.3 Å². The first-order chi connectivity index (χ1) is 12.2. The first-order valence-electron chi connectivity index (χ1n) is 8.78. The Balaban J connectivity index is 2.19. The van der Waals surface area contributed by atoms with Crippen molar-refractivity contribution in [3.05, 3.63) is 59.4 Å². The number of carbonyl (C=O) groups is 2. The first kappa shape index (κ1) is 19.9. The van der Waals surface area contributed by atoms with Gasteiger partial charge in [0.25, 0.3) is 0 Å². The van der Waals surface area contributed by atoms with Crippen LogP contribution in [-0.2, 0) is 20.9 Å². The maximum Gasteiger partial charge on any atom is 0.307 e. The molecule has 1 aliphatic rings. The van der Waals surface area contributed by atoms with Crippen molar-refractivity contribution in [1.29, 1.82) is 0 Å². The second kappa shape index (κ2) is 8.32. The Bertz CT molecular complexity index is 713. The Morgan fingerprint density at radius 1 is 1.23 bits per heavy atom. The zero-order valence-corrected chi connectivity index (χ0v) is 15.8. The molecule has 140 valence electrons. The number of nitrogens with one attached hydrogen (secondary N) is 1. The van der Waals surface area contributed by atoms with E-state index in [-0.39, 0.29) is 17.7 Å². The molecule has 0 aliphatic heterocycles. The highest BCUT2D eigenvalue weighted by Crippen LogP contribution is 2.33. The fourth-order valence-corrected chi connectivity index (χ4v) is 2.79. The standard InChI is InChI=1S/C21H27NO4/c1-14(23)26-17-10-16(21(2,3)4)11-18(19(24)12-17)20(25)22-13-15-8-6-5-7-9-15/h5-11,18-19,24H,12-13H2,1-4H3,(H,22,25)/t18-,19+/m1/s1. The number of hydrogen-bond donors (Lipinski definition) is 2. The van der Waals surface area contributed by atoms with Gasteiger partial charge in [-0.25, -0.2) is 0 Å². The summed E-state index contributed by atoms with van der Waals surface area (Å²) in [4.78, 5) is 24.0. The third-order valence-corrected chi connectivity index (χ3v) is 4.25. The van der Waals surface area contributed by atoms with Gasteiger partial charge in [-0.15, -0.1) is 0 Å². The highest BCUT2D eigenvalue weighted by molar-refractivity contribution is 5.81. The molecule has 0 aromatic heterocycles. The van der Waals surface area contributed by atoms with Gasteiger partial charge in [0, 0.05) is 19.9 Å². The molecule has 0 bridgehead atoms. The fraction of sp³-hybridized carbons (Fsp3) is 0.429. The van der Waals surface area contributed by atoms with E-state index in [1.54, 1.807) is 12.2 Å². The molecule has 1 aromatic carbocycles. The van der Waals surface area contributed by atoms with Crippen molar-refractivity contribution in [2.24, 2.45) is 11.3 Å². The molecule has 0 saturated carbocycles. The zero-order valence-electron chi connectivity index (χ0n) is 15.8. The molecular weight excluding hydrogens is 330 g/mol. The summed E-state index contributed by atoms with van der Waals surface area (Å²) in [5.41, 5.74) is 1.58. The van der Waals surface area contributed by atoms with Gasteiger partial charge in [0.15, 0.2) is 0 Å². The average Bonchev–Trinajstić information content (AvgIpc) is 2.71. The molecule has 2 N–H and O–H groups in total. The number of esters is 1. The van der Waals surface area contributed by atoms with Gasteiger partial charge in [-0.05, 0) is 22.6 Å². The highest BCUT2D eigenvalue weighted by atomic mass is 16.5. The van der Waals surface area contributed by atoms with Crippen molar-refractivity contribution in [3.63, 3.8) is 0 Å². The van der Waals surface area contributed by atoms with Crippen LogP contribution in [0.2, 0.25) is 0 Å². The highest BCUT2D eigenvalue weighted by Gasteiger charge is 2.31. The quantitative estimate of drug-likeness (QED) is 0.812. The molecule has 0 saturated heterocycles. The van der Waals surface area contributed by atoms with E-state index in [9.17, 15) is 14.7 Å². The van der Waals surface area contributed by atoms with Gasteiger partial charge in [0.2, 0.25) is 5.91 Å². The van der Waals surface area contributed by atoms with Crippen LogP contribution >= 0.6 is 0 Å². The van der Waals surface area contributed by atoms with Gasteiger partial charge < -0.3 is 15.2 Å². The van der Waals surface area contributed by atoms with E-state index in [2.05, 4.69) is 5.32 Å². The lowest BCUT2D eigenvalue weighted by molar-refractivity contribution is -0.137. The molecule has 1 aromatic rings. The third kappa shape index (κ3) is 5.56. The van der Waals surface area contributed by atoms with Crippen LogP contribution in [0.25, 0.3) is 0 Å². The SMILES string of the molecule is CC(=O)OC1=CC(C(C)(C)C)=C[C@@H](C(=O)NCc2ccccc2)[C@@H](O)C1. The minimum atomic E-state index is -0.962. The number of ether oxygens (including phenoxy) is 1. The number of amides is 1. The molecule has 26 heavy (non-hydrogen) atoms. The van der Waals surface area contributed by atoms with Gasteiger partial charge in [-0.1, -0.05) is 57.2 Å². The van der Waals surface area contributed by atoms with E-state index in [1.807, 2.05) is 51.1 Å². The Hall–Kier alpha value is -2.40. The summed E-state index contributed by atoms with van der Waals surface area (Å²) in [6, 6.07) is 9.60. The van der Waals surface area contributed by atoms with Crippen molar-refractivity contribution < 1.29 is 19.4 Å². The maximum absolute atomic E-state index is 12.7. The van der Waals surface area contributed by atoms with Crippen LogP contribution in [0.1, 0.15) is 39.7 Å². The summed E-state index contributed by atoms with van der Waals surface area (Å²) in [5, 5.41) is 13.4. The van der Waals surface area contributed by atoms with Crippen LogP contribution in [-0.4, -0.2) is 23.1 Å². The van der Waals surface area contributed by atoms with Gasteiger partial charge in [0.05, 0.1) is 12.0 Å². The van der Waals surface area contributed by atoms with E-state index >= 15 is 0 Å². The van der Waals surface area contributed by atoms with E-state index in [1.165, 1.54) is 6.92 Å². The third-order valence-electron chi connectivity index (χ3n) is 4.25. The molecule has 2 atom stereocenters. The molecule has 0 radical (unpaired) electrons. The topological polar surface area (TPSA) is 75.6 Å². The minimum Gasteiger partial charge on any atom is -0.431 e. The Morgan fingerprint density at radius 3 is 2.46 bits per heavy atom. The van der Waals surface area contributed by atoms with Crippen LogP contribution < -0.4 is 5.32 Å². The number of aliphatic hydroxyl groups excluding tert-OH is 1. The molecule has 0 heterocycles. The summed E-state index contributed by atoms with van der Waals surface area (Å²) in [6.45, 7) is 7.75. The second-order valence-electron chi connectivity index (χ2n) is 7.58. The molecule has 2 rings (SSSR count). The predicted molar refractivity (Wildman–Crippen MR) is 99.8 cm³/mol. The summed E-state index contributed by atoms with van der Waals surface area (Å²) in [6.07, 6.45) is 2.69.